The van der Waals surface area contributed by atoms with Crippen molar-refractivity contribution in [3.05, 3.63) is 42.2 Å². The summed E-state index contributed by atoms with van der Waals surface area (Å²) in [4.78, 5) is 0. The molecule has 1 fully saturated rings. The molecular formula is C17H24O2. The Balaban J connectivity index is 1.88. The molecule has 1 heterocycles. The van der Waals surface area contributed by atoms with Crippen molar-refractivity contribution in [2.45, 2.75) is 51.6 Å². The van der Waals surface area contributed by atoms with E-state index in [2.05, 4.69) is 39.5 Å². The van der Waals surface area contributed by atoms with Crippen LogP contribution >= 0.6 is 0 Å². The van der Waals surface area contributed by atoms with Gasteiger partial charge >= 0.3 is 0 Å². The van der Waals surface area contributed by atoms with E-state index in [1.807, 2.05) is 12.1 Å². The van der Waals surface area contributed by atoms with Gasteiger partial charge in [0.25, 0.3) is 0 Å². The Morgan fingerprint density at radius 1 is 1.26 bits per heavy atom. The Bertz CT molecular complexity index is 426. The van der Waals surface area contributed by atoms with Crippen LogP contribution in [0.5, 0.6) is 5.75 Å². The number of hydrogen-bond acceptors (Lipinski definition) is 2. The van der Waals surface area contributed by atoms with Crippen LogP contribution in [-0.4, -0.2) is 12.7 Å². The lowest BCUT2D eigenvalue weighted by molar-refractivity contribution is 0.0365. The highest BCUT2D eigenvalue weighted by Crippen LogP contribution is 2.25. The van der Waals surface area contributed by atoms with Crippen LogP contribution in [0.1, 0.15) is 45.6 Å². The highest BCUT2D eigenvalue weighted by Gasteiger charge is 2.18. The number of allylic oxidation sites excluding steroid dienone is 1. The Hall–Kier alpha value is -1.44. The van der Waals surface area contributed by atoms with Crippen molar-refractivity contribution in [1.82, 2.24) is 0 Å². The molecule has 0 aliphatic carbocycles. The fourth-order valence-corrected chi connectivity index (χ4v) is 2.24. The predicted molar refractivity (Wildman–Crippen MR) is 78.5 cm³/mol. The first-order valence-electron chi connectivity index (χ1n) is 7.03. The summed E-state index contributed by atoms with van der Waals surface area (Å²) in [7, 11) is 0. The first kappa shape index (κ1) is 14.0. The Morgan fingerprint density at radius 2 is 1.95 bits per heavy atom. The van der Waals surface area contributed by atoms with Crippen LogP contribution < -0.4 is 4.74 Å². The van der Waals surface area contributed by atoms with Crippen LogP contribution in [0.15, 0.2) is 36.6 Å². The molecule has 0 saturated carbocycles. The van der Waals surface area contributed by atoms with Gasteiger partial charge in [0, 0.05) is 6.42 Å². The first-order chi connectivity index (χ1) is 8.95. The monoisotopic (exact) mass is 260 g/mol. The summed E-state index contributed by atoms with van der Waals surface area (Å²) in [6.07, 6.45) is 3.34. The van der Waals surface area contributed by atoms with Gasteiger partial charge < -0.3 is 9.47 Å². The Kier molecular flexibility index (Phi) is 4.18. The third-order valence-electron chi connectivity index (χ3n) is 3.47. The summed E-state index contributed by atoms with van der Waals surface area (Å²) >= 11 is 0. The van der Waals surface area contributed by atoms with Gasteiger partial charge in [-0.15, -0.1) is 0 Å². The fourth-order valence-electron chi connectivity index (χ4n) is 2.24. The molecule has 1 saturated heterocycles. The number of hydrogen-bond donors (Lipinski definition) is 0. The molecule has 1 atom stereocenters. The quantitative estimate of drug-likeness (QED) is 0.799. The van der Waals surface area contributed by atoms with Gasteiger partial charge in [0.1, 0.15) is 18.5 Å². The molecule has 1 aromatic rings. The van der Waals surface area contributed by atoms with E-state index in [-0.39, 0.29) is 11.5 Å². The van der Waals surface area contributed by atoms with Crippen molar-refractivity contribution >= 4 is 0 Å². The molecule has 0 spiro atoms. The molecular weight excluding hydrogens is 236 g/mol. The van der Waals surface area contributed by atoms with Gasteiger partial charge in [-0.05, 0) is 36.0 Å². The summed E-state index contributed by atoms with van der Waals surface area (Å²) in [6.45, 7) is 11.1. The standard InChI is InChI=1S/C17H24O2/c1-13-6-5-7-16(19-13)12-18-15-10-8-14(9-11-15)17(2,3)4/h8-11,16H,1,5-7,12H2,2-4H3. The zero-order valence-corrected chi connectivity index (χ0v) is 12.2. The van der Waals surface area contributed by atoms with Crippen molar-refractivity contribution in [2.75, 3.05) is 6.61 Å². The maximum absolute atomic E-state index is 5.80. The Morgan fingerprint density at radius 3 is 2.53 bits per heavy atom. The summed E-state index contributed by atoms with van der Waals surface area (Å²) in [6, 6.07) is 8.35. The molecule has 0 N–H and O–H groups in total. The second kappa shape index (κ2) is 5.68. The zero-order valence-electron chi connectivity index (χ0n) is 12.2. The topological polar surface area (TPSA) is 18.5 Å². The van der Waals surface area contributed by atoms with E-state index in [0.717, 1.165) is 30.8 Å². The minimum Gasteiger partial charge on any atom is -0.492 e. The SMILES string of the molecule is C=C1CCCC(COc2ccc(C(C)(C)C)cc2)O1. The van der Waals surface area contributed by atoms with Crippen LogP contribution in [0.2, 0.25) is 0 Å². The van der Waals surface area contributed by atoms with Crippen LogP contribution in [0.3, 0.4) is 0 Å². The molecule has 0 aromatic heterocycles. The lowest BCUT2D eigenvalue weighted by Gasteiger charge is -2.25. The minimum atomic E-state index is 0.156. The number of benzene rings is 1. The molecule has 2 rings (SSSR count). The van der Waals surface area contributed by atoms with Crippen molar-refractivity contribution in [3.63, 3.8) is 0 Å². The molecule has 1 unspecified atom stereocenters. The maximum Gasteiger partial charge on any atom is 0.132 e. The Labute approximate surface area is 116 Å². The molecule has 19 heavy (non-hydrogen) atoms. The predicted octanol–water partition coefficient (Wildman–Crippen LogP) is 4.45. The number of rotatable bonds is 3. The third kappa shape index (κ3) is 4.02. The molecule has 1 aromatic carbocycles. The van der Waals surface area contributed by atoms with E-state index in [1.54, 1.807) is 0 Å². The van der Waals surface area contributed by atoms with Gasteiger partial charge in [0.05, 0.1) is 5.76 Å². The average molecular weight is 260 g/mol. The van der Waals surface area contributed by atoms with E-state index < -0.39 is 0 Å². The summed E-state index contributed by atoms with van der Waals surface area (Å²) in [5, 5.41) is 0. The second-order valence-electron chi connectivity index (χ2n) is 6.26. The highest BCUT2D eigenvalue weighted by atomic mass is 16.5. The lowest BCUT2D eigenvalue weighted by atomic mass is 9.87. The van der Waals surface area contributed by atoms with E-state index in [1.165, 1.54) is 5.56 Å². The van der Waals surface area contributed by atoms with E-state index >= 15 is 0 Å². The van der Waals surface area contributed by atoms with Gasteiger partial charge in [-0.2, -0.15) is 0 Å². The van der Waals surface area contributed by atoms with Crippen LogP contribution in [0.4, 0.5) is 0 Å². The molecule has 0 amide bonds. The van der Waals surface area contributed by atoms with Crippen molar-refractivity contribution in [1.29, 1.82) is 0 Å². The maximum atomic E-state index is 5.80. The van der Waals surface area contributed by atoms with Gasteiger partial charge in [-0.1, -0.05) is 39.5 Å². The largest absolute Gasteiger partial charge is 0.492 e. The molecule has 2 heteroatoms. The molecule has 1 aliphatic heterocycles. The van der Waals surface area contributed by atoms with Gasteiger partial charge in [0.15, 0.2) is 0 Å². The summed E-state index contributed by atoms with van der Waals surface area (Å²) in [5.74, 6) is 1.80. The normalized spacial score (nSPS) is 19.9. The zero-order chi connectivity index (χ0) is 13.9. The van der Waals surface area contributed by atoms with Gasteiger partial charge in [0.2, 0.25) is 0 Å². The number of ether oxygens (including phenoxy) is 2. The smallest absolute Gasteiger partial charge is 0.132 e. The van der Waals surface area contributed by atoms with Crippen molar-refractivity contribution in [2.24, 2.45) is 0 Å². The third-order valence-corrected chi connectivity index (χ3v) is 3.47. The molecule has 0 radical (unpaired) electrons. The van der Waals surface area contributed by atoms with Gasteiger partial charge in [-0.25, -0.2) is 0 Å². The lowest BCUT2D eigenvalue weighted by Crippen LogP contribution is -2.24. The van der Waals surface area contributed by atoms with E-state index in [4.69, 9.17) is 9.47 Å². The second-order valence-corrected chi connectivity index (χ2v) is 6.26. The van der Waals surface area contributed by atoms with Gasteiger partial charge in [-0.3, -0.25) is 0 Å². The minimum absolute atomic E-state index is 0.156. The van der Waals surface area contributed by atoms with Crippen LogP contribution in [-0.2, 0) is 10.2 Å². The fraction of sp³-hybridized carbons (Fsp3) is 0.529. The molecule has 104 valence electrons. The summed E-state index contributed by atoms with van der Waals surface area (Å²) in [5.41, 5.74) is 1.50. The first-order valence-corrected chi connectivity index (χ1v) is 7.03. The molecule has 0 bridgehead atoms. The summed E-state index contributed by atoms with van der Waals surface area (Å²) < 4.78 is 11.5. The molecule has 2 nitrogen and oxygen atoms in total. The van der Waals surface area contributed by atoms with Crippen molar-refractivity contribution < 1.29 is 9.47 Å². The van der Waals surface area contributed by atoms with E-state index in [9.17, 15) is 0 Å². The van der Waals surface area contributed by atoms with E-state index in [0.29, 0.717) is 6.61 Å². The van der Waals surface area contributed by atoms with Crippen molar-refractivity contribution in [3.8, 4) is 5.75 Å². The van der Waals surface area contributed by atoms with Crippen LogP contribution in [0, 0.1) is 0 Å². The van der Waals surface area contributed by atoms with Crippen LogP contribution in [0.25, 0.3) is 0 Å². The molecule has 1 aliphatic rings. The highest BCUT2D eigenvalue weighted by molar-refractivity contribution is 5.31. The average Bonchev–Trinajstić information content (AvgIpc) is 2.36.